The van der Waals surface area contributed by atoms with Crippen LogP contribution in [0.4, 0.5) is 9.18 Å². The molecule has 1 aliphatic carbocycles. The number of aromatic nitrogens is 2. The van der Waals surface area contributed by atoms with Crippen molar-refractivity contribution in [3.05, 3.63) is 42.1 Å². The van der Waals surface area contributed by atoms with Gasteiger partial charge in [-0.2, -0.15) is 5.10 Å². The highest BCUT2D eigenvalue weighted by Gasteiger charge is 2.37. The van der Waals surface area contributed by atoms with Crippen LogP contribution in [0, 0.1) is 0 Å². The number of hydrogen-bond acceptors (Lipinski definition) is 8. The molecular formula is C34H46FN7O7. The van der Waals surface area contributed by atoms with Crippen LogP contribution in [-0.2, 0) is 19.1 Å². The van der Waals surface area contributed by atoms with E-state index >= 15 is 0 Å². The van der Waals surface area contributed by atoms with E-state index in [0.717, 1.165) is 32.1 Å². The fourth-order valence-corrected chi connectivity index (χ4v) is 6.03. The van der Waals surface area contributed by atoms with E-state index in [1.54, 1.807) is 30.3 Å². The molecule has 49 heavy (non-hydrogen) atoms. The van der Waals surface area contributed by atoms with Crippen molar-refractivity contribution in [2.45, 2.75) is 83.1 Å². The molecule has 2 saturated heterocycles. The molecule has 266 valence electrons. The second kappa shape index (κ2) is 16.6. The number of hydrogen-bond donors (Lipinski definition) is 2. The van der Waals surface area contributed by atoms with Gasteiger partial charge in [-0.3, -0.25) is 19.2 Å². The standard InChI is InChI=1S/C34H46FN7O7/c1-3-4-20-48-34(47)40-18-16-39(17-19-40)33(46)30(23(2)35)37-31(44)26-21-29(42(38-26)25-12-6-5-7-13-25)49-22-28(43)41-15-9-14-27(41)32(45)36-24-10-8-11-24/h5-7,12-13,21,23-24,27,30H,3-4,8-11,14-20,22H2,1-2H3,(H,36,45)(H,37,44)/t23?,27-,30?/m0/s1. The SMILES string of the molecule is CCCCOC(=O)N1CCN(C(=O)C(NC(=O)c2cc(OCC(=O)N3CCC[C@H]3C(=O)NC3CCC3)n(-c3ccccc3)n2)C(C)F)CC1. The van der Waals surface area contributed by atoms with E-state index < -0.39 is 42.8 Å². The Morgan fingerprint density at radius 2 is 1.69 bits per heavy atom. The van der Waals surface area contributed by atoms with Crippen LogP contribution < -0.4 is 15.4 Å². The zero-order valence-corrected chi connectivity index (χ0v) is 28.1. The average molecular weight is 684 g/mol. The van der Waals surface area contributed by atoms with Crippen LogP contribution in [0.1, 0.15) is 69.3 Å². The maximum Gasteiger partial charge on any atom is 0.409 e. The van der Waals surface area contributed by atoms with Gasteiger partial charge in [0.2, 0.25) is 17.7 Å². The van der Waals surface area contributed by atoms with E-state index in [0.29, 0.717) is 31.7 Å². The average Bonchev–Trinajstić information content (AvgIpc) is 3.76. The summed E-state index contributed by atoms with van der Waals surface area (Å²) < 4.78 is 27.3. The first-order valence-electron chi connectivity index (χ1n) is 17.2. The maximum atomic E-state index is 14.8. The number of carbonyl (C=O) groups is 5. The Bertz CT molecular complexity index is 1470. The lowest BCUT2D eigenvalue weighted by molar-refractivity contribution is -0.140. The molecule has 2 aliphatic heterocycles. The van der Waals surface area contributed by atoms with E-state index in [9.17, 15) is 28.4 Å². The summed E-state index contributed by atoms with van der Waals surface area (Å²) in [6, 6.07) is 8.25. The minimum atomic E-state index is -1.73. The Balaban J connectivity index is 1.23. The van der Waals surface area contributed by atoms with Crippen molar-refractivity contribution in [2.24, 2.45) is 0 Å². The Morgan fingerprint density at radius 3 is 2.35 bits per heavy atom. The first-order valence-corrected chi connectivity index (χ1v) is 17.2. The molecule has 0 radical (unpaired) electrons. The molecule has 1 aromatic heterocycles. The number of piperazine rings is 1. The zero-order chi connectivity index (χ0) is 34.9. The highest BCUT2D eigenvalue weighted by molar-refractivity contribution is 5.97. The van der Waals surface area contributed by atoms with Gasteiger partial charge in [0.15, 0.2) is 12.3 Å². The smallest absolute Gasteiger partial charge is 0.409 e. The van der Waals surface area contributed by atoms with Crippen LogP contribution in [0.2, 0.25) is 0 Å². The molecule has 5 rings (SSSR count). The molecule has 0 bridgehead atoms. The van der Waals surface area contributed by atoms with E-state index in [1.165, 1.54) is 32.4 Å². The van der Waals surface area contributed by atoms with Crippen molar-refractivity contribution in [1.29, 1.82) is 0 Å². The Labute approximate surface area is 285 Å². The summed E-state index contributed by atoms with van der Waals surface area (Å²) >= 11 is 0. The largest absolute Gasteiger partial charge is 0.467 e. The number of para-hydroxylation sites is 1. The van der Waals surface area contributed by atoms with Gasteiger partial charge in [0.25, 0.3) is 11.8 Å². The number of ether oxygens (including phenoxy) is 2. The number of amides is 5. The van der Waals surface area contributed by atoms with Crippen LogP contribution in [0.15, 0.2) is 36.4 Å². The summed E-state index contributed by atoms with van der Waals surface area (Å²) in [4.78, 5) is 69.6. The minimum Gasteiger partial charge on any atom is -0.467 e. The zero-order valence-electron chi connectivity index (χ0n) is 28.1. The highest BCUT2D eigenvalue weighted by atomic mass is 19.1. The maximum absolute atomic E-state index is 14.8. The van der Waals surface area contributed by atoms with Gasteiger partial charge in [-0.25, -0.2) is 13.9 Å². The van der Waals surface area contributed by atoms with Crippen LogP contribution in [0.5, 0.6) is 5.88 Å². The first-order chi connectivity index (χ1) is 23.7. The highest BCUT2D eigenvalue weighted by Crippen LogP contribution is 2.24. The van der Waals surface area contributed by atoms with Gasteiger partial charge < -0.3 is 34.8 Å². The fourth-order valence-electron chi connectivity index (χ4n) is 6.03. The van der Waals surface area contributed by atoms with Gasteiger partial charge in [0, 0.05) is 44.8 Å². The quantitative estimate of drug-likeness (QED) is 0.305. The summed E-state index contributed by atoms with van der Waals surface area (Å²) in [6.45, 7) is 4.32. The van der Waals surface area contributed by atoms with Crippen LogP contribution in [0.3, 0.4) is 0 Å². The summed E-state index contributed by atoms with van der Waals surface area (Å²) in [5.74, 6) is -1.86. The lowest BCUT2D eigenvalue weighted by atomic mass is 9.93. The molecule has 14 nitrogen and oxygen atoms in total. The third-order valence-corrected chi connectivity index (χ3v) is 9.17. The molecule has 2 N–H and O–H groups in total. The van der Waals surface area contributed by atoms with Gasteiger partial charge in [0.05, 0.1) is 12.3 Å². The molecule has 1 aromatic carbocycles. The van der Waals surface area contributed by atoms with Crippen molar-refractivity contribution >= 4 is 29.7 Å². The monoisotopic (exact) mass is 683 g/mol. The molecule has 15 heteroatoms. The van der Waals surface area contributed by atoms with Gasteiger partial charge in [-0.05, 0) is 57.6 Å². The summed E-state index contributed by atoms with van der Waals surface area (Å²) in [5, 5.41) is 9.88. The molecule has 5 amide bonds. The molecule has 1 saturated carbocycles. The van der Waals surface area contributed by atoms with E-state index in [4.69, 9.17) is 9.47 Å². The number of carbonyl (C=O) groups excluding carboxylic acids is 5. The third-order valence-electron chi connectivity index (χ3n) is 9.17. The Hall–Kier alpha value is -4.69. The predicted molar refractivity (Wildman–Crippen MR) is 176 cm³/mol. The number of nitrogens with zero attached hydrogens (tertiary/aromatic N) is 5. The lowest BCUT2D eigenvalue weighted by Gasteiger charge is -2.36. The third kappa shape index (κ3) is 8.86. The second-order valence-electron chi connectivity index (χ2n) is 12.7. The molecule has 3 fully saturated rings. The van der Waals surface area contributed by atoms with E-state index in [2.05, 4.69) is 15.7 Å². The molecule has 2 aromatic rings. The number of nitrogens with one attached hydrogen (secondary N) is 2. The molecule has 3 aliphatic rings. The Kier molecular flexibility index (Phi) is 12.1. The minimum absolute atomic E-state index is 0.0810. The molecule has 3 atom stereocenters. The van der Waals surface area contributed by atoms with Gasteiger partial charge >= 0.3 is 6.09 Å². The molecule has 0 spiro atoms. The topological polar surface area (TPSA) is 155 Å². The molecular weight excluding hydrogens is 637 g/mol. The normalized spacial score (nSPS) is 19.1. The second-order valence-corrected chi connectivity index (χ2v) is 12.7. The van der Waals surface area contributed by atoms with E-state index in [1.807, 2.05) is 6.92 Å². The summed E-state index contributed by atoms with van der Waals surface area (Å²) in [6.07, 6.45) is 3.73. The summed E-state index contributed by atoms with van der Waals surface area (Å²) in [5.41, 5.74) is 0.392. The van der Waals surface area contributed by atoms with Gasteiger partial charge in [-0.15, -0.1) is 0 Å². The summed E-state index contributed by atoms with van der Waals surface area (Å²) in [7, 11) is 0. The number of alkyl halides is 1. The number of benzene rings is 1. The Morgan fingerprint density at radius 1 is 0.980 bits per heavy atom. The fraction of sp³-hybridized carbons (Fsp3) is 0.588. The number of unbranched alkanes of at least 4 members (excludes halogenated alkanes) is 1. The first kappa shape index (κ1) is 35.6. The number of rotatable bonds is 13. The van der Waals surface area contributed by atoms with Crippen LogP contribution in [-0.4, -0.2) is 124 Å². The predicted octanol–water partition coefficient (Wildman–Crippen LogP) is 2.45. The van der Waals surface area contributed by atoms with Crippen molar-refractivity contribution in [3.63, 3.8) is 0 Å². The lowest BCUT2D eigenvalue weighted by Crippen LogP contribution is -2.58. The van der Waals surface area contributed by atoms with Gasteiger partial charge in [-0.1, -0.05) is 31.5 Å². The molecule has 3 heterocycles. The number of likely N-dealkylation sites (tertiary alicyclic amines) is 1. The van der Waals surface area contributed by atoms with Crippen molar-refractivity contribution in [1.82, 2.24) is 35.1 Å². The van der Waals surface area contributed by atoms with Crippen LogP contribution >= 0.6 is 0 Å². The molecule has 2 unspecified atom stereocenters. The number of halogens is 1. The van der Waals surface area contributed by atoms with Gasteiger partial charge in [0.1, 0.15) is 18.3 Å². The van der Waals surface area contributed by atoms with Crippen molar-refractivity contribution < 1.29 is 37.8 Å². The van der Waals surface area contributed by atoms with Crippen molar-refractivity contribution in [2.75, 3.05) is 45.9 Å². The van der Waals surface area contributed by atoms with E-state index in [-0.39, 0.29) is 55.6 Å². The van der Waals surface area contributed by atoms with Crippen LogP contribution in [0.25, 0.3) is 5.69 Å². The van der Waals surface area contributed by atoms with Crippen molar-refractivity contribution in [3.8, 4) is 11.6 Å².